The van der Waals surface area contributed by atoms with Crippen molar-refractivity contribution in [3.05, 3.63) is 242 Å². The Morgan fingerprint density at radius 1 is 0.355 bits per heavy atom. The lowest BCUT2D eigenvalue weighted by Gasteiger charge is -2.27. The molecule has 0 aliphatic heterocycles. The molecular weight excluding hydrogens is 749 g/mol. The third-order valence-electron chi connectivity index (χ3n) is 11.9. The quantitative estimate of drug-likeness (QED) is 0.156. The van der Waals surface area contributed by atoms with E-state index in [1.54, 1.807) is 24.3 Å². The average molecular weight is 799 g/mol. The van der Waals surface area contributed by atoms with Crippen LogP contribution in [-0.2, 0) is 0 Å². The Morgan fingerprint density at radius 2 is 0.935 bits per heavy atom. The molecule has 290 valence electrons. The van der Waals surface area contributed by atoms with Gasteiger partial charge in [-0.2, -0.15) is 0 Å². The van der Waals surface area contributed by atoms with E-state index in [-0.39, 0.29) is 35.3 Å². The molecule has 1 heterocycles. The molecule has 2 nitrogen and oxygen atoms in total. The third-order valence-corrected chi connectivity index (χ3v) is 11.9. The van der Waals surface area contributed by atoms with E-state index in [4.69, 9.17) is 13.7 Å². The van der Waals surface area contributed by atoms with Crippen molar-refractivity contribution in [2.24, 2.45) is 0 Å². The standard InChI is InChI=1S/C60H40N2/c1-3-13-41(14-4-1)44-25-32-49(33-26-44)61(50-34-27-45(28-35-50)42-15-5-2-6-16-42)58-24-12-22-54-52(21-11-23-55(54)58)48-31-38-59-57(40-48)56-37-30-46-18-9-10-20-53(46)60(56)62(59)51-36-29-43-17-7-8-19-47(43)39-51/h1-40H/i1D,2D,3D,4D,5D,6D,13D,14D,15D,16D. The molecule has 0 spiro atoms. The minimum Gasteiger partial charge on any atom is -0.310 e. The number of hydrogen-bond acceptors (Lipinski definition) is 1. The first-order valence-corrected chi connectivity index (χ1v) is 20.5. The van der Waals surface area contributed by atoms with Gasteiger partial charge in [-0.25, -0.2) is 0 Å². The zero-order valence-electron chi connectivity index (χ0n) is 43.2. The number of hydrogen-bond donors (Lipinski definition) is 0. The van der Waals surface area contributed by atoms with Crippen LogP contribution in [0.5, 0.6) is 0 Å². The summed E-state index contributed by atoms with van der Waals surface area (Å²) in [5.41, 5.74) is 8.71. The predicted molar refractivity (Wildman–Crippen MR) is 264 cm³/mol. The highest BCUT2D eigenvalue weighted by molar-refractivity contribution is 6.20. The minimum absolute atomic E-state index is 0.0995. The van der Waals surface area contributed by atoms with Crippen LogP contribution in [-0.4, -0.2) is 4.57 Å². The van der Waals surface area contributed by atoms with E-state index in [1.165, 1.54) is 10.8 Å². The highest BCUT2D eigenvalue weighted by Crippen LogP contribution is 2.44. The molecule has 0 aliphatic carbocycles. The van der Waals surface area contributed by atoms with Crippen LogP contribution in [0, 0.1) is 0 Å². The van der Waals surface area contributed by atoms with Crippen molar-refractivity contribution in [3.8, 4) is 39.1 Å². The van der Waals surface area contributed by atoms with E-state index in [0.717, 1.165) is 65.9 Å². The first kappa shape index (κ1) is 26.8. The largest absolute Gasteiger partial charge is 0.310 e. The maximum atomic E-state index is 8.66. The molecule has 0 radical (unpaired) electrons. The van der Waals surface area contributed by atoms with Gasteiger partial charge in [0.1, 0.15) is 0 Å². The molecule has 12 aromatic rings. The van der Waals surface area contributed by atoms with Gasteiger partial charge >= 0.3 is 0 Å². The molecule has 62 heavy (non-hydrogen) atoms. The van der Waals surface area contributed by atoms with Gasteiger partial charge in [0, 0.05) is 38.6 Å². The van der Waals surface area contributed by atoms with Crippen molar-refractivity contribution in [2.45, 2.75) is 0 Å². The Balaban J connectivity index is 1.03. The van der Waals surface area contributed by atoms with Gasteiger partial charge in [0.05, 0.1) is 30.4 Å². The average Bonchev–Trinajstić information content (AvgIpc) is 3.75. The molecule has 0 bridgehead atoms. The number of nitrogens with zero attached hydrogens (tertiary/aromatic N) is 2. The highest BCUT2D eigenvalue weighted by Gasteiger charge is 2.20. The maximum absolute atomic E-state index is 8.66. The molecule has 0 saturated heterocycles. The second-order valence-electron chi connectivity index (χ2n) is 15.4. The lowest BCUT2D eigenvalue weighted by atomic mass is 9.95. The topological polar surface area (TPSA) is 8.17 Å². The summed E-state index contributed by atoms with van der Waals surface area (Å²) in [6.07, 6.45) is 0. The van der Waals surface area contributed by atoms with Gasteiger partial charge in [-0.05, 0) is 110 Å². The zero-order chi connectivity index (χ0) is 49.7. The molecule has 0 aliphatic rings. The summed E-state index contributed by atoms with van der Waals surface area (Å²) in [6.45, 7) is 0. The summed E-state index contributed by atoms with van der Waals surface area (Å²) in [7, 11) is 0. The highest BCUT2D eigenvalue weighted by atomic mass is 15.1. The zero-order valence-corrected chi connectivity index (χ0v) is 33.2. The van der Waals surface area contributed by atoms with Crippen molar-refractivity contribution < 1.29 is 13.7 Å². The molecule has 0 atom stereocenters. The molecule has 11 aromatic carbocycles. The lowest BCUT2D eigenvalue weighted by molar-refractivity contribution is 1.19. The van der Waals surface area contributed by atoms with E-state index in [0.29, 0.717) is 22.5 Å². The van der Waals surface area contributed by atoms with Crippen molar-refractivity contribution in [2.75, 3.05) is 4.90 Å². The van der Waals surface area contributed by atoms with Crippen LogP contribution < -0.4 is 4.90 Å². The Morgan fingerprint density at radius 3 is 1.65 bits per heavy atom. The van der Waals surface area contributed by atoms with Gasteiger partial charge in [0.15, 0.2) is 0 Å². The van der Waals surface area contributed by atoms with E-state index in [1.807, 2.05) is 36.4 Å². The summed E-state index contributed by atoms with van der Waals surface area (Å²) >= 11 is 0. The number of anilines is 3. The van der Waals surface area contributed by atoms with E-state index < -0.39 is 36.3 Å². The minimum atomic E-state index is -0.458. The fourth-order valence-electron chi connectivity index (χ4n) is 9.04. The Kier molecular flexibility index (Phi) is 6.40. The molecule has 0 fully saturated rings. The van der Waals surface area contributed by atoms with Gasteiger partial charge in [-0.1, -0.05) is 188 Å². The second kappa shape index (κ2) is 14.8. The number of rotatable bonds is 7. The summed E-state index contributed by atoms with van der Waals surface area (Å²) in [4.78, 5) is 2.06. The predicted octanol–water partition coefficient (Wildman–Crippen LogP) is 16.7. The van der Waals surface area contributed by atoms with Crippen LogP contribution in [0.1, 0.15) is 13.7 Å². The van der Waals surface area contributed by atoms with Gasteiger partial charge in [-0.3, -0.25) is 0 Å². The first-order chi connectivity index (χ1) is 34.9. The van der Waals surface area contributed by atoms with Crippen LogP contribution in [0.3, 0.4) is 0 Å². The molecule has 0 saturated carbocycles. The third kappa shape index (κ3) is 6.04. The molecule has 0 N–H and O–H groups in total. The number of aromatic nitrogens is 1. The van der Waals surface area contributed by atoms with Crippen molar-refractivity contribution in [3.63, 3.8) is 0 Å². The lowest BCUT2D eigenvalue weighted by Crippen LogP contribution is -2.10. The molecule has 12 rings (SSSR count). The van der Waals surface area contributed by atoms with Gasteiger partial charge in [-0.15, -0.1) is 0 Å². The normalized spacial score (nSPS) is 13.8. The molecule has 0 amide bonds. The van der Waals surface area contributed by atoms with Crippen LogP contribution in [0.25, 0.3) is 93.2 Å². The maximum Gasteiger partial charge on any atom is 0.0629 e. The van der Waals surface area contributed by atoms with Crippen molar-refractivity contribution in [1.82, 2.24) is 4.57 Å². The summed E-state index contributed by atoms with van der Waals surface area (Å²) in [6, 6.07) is 57.8. The Labute approximate surface area is 374 Å². The molecule has 1 aromatic heterocycles. The Bertz CT molecular complexity index is 4050. The van der Waals surface area contributed by atoms with E-state index in [2.05, 4.69) is 131 Å². The number of benzene rings is 11. The monoisotopic (exact) mass is 798 g/mol. The van der Waals surface area contributed by atoms with Crippen molar-refractivity contribution in [1.29, 1.82) is 0 Å². The molecule has 2 heteroatoms. The van der Waals surface area contributed by atoms with E-state index in [9.17, 15) is 0 Å². The second-order valence-corrected chi connectivity index (χ2v) is 15.4. The first-order valence-electron chi connectivity index (χ1n) is 25.5. The summed E-state index contributed by atoms with van der Waals surface area (Å²) in [5, 5.41) is 8.86. The smallest absolute Gasteiger partial charge is 0.0629 e. The van der Waals surface area contributed by atoms with Gasteiger partial charge < -0.3 is 9.47 Å². The fourth-order valence-corrected chi connectivity index (χ4v) is 9.04. The van der Waals surface area contributed by atoms with Crippen molar-refractivity contribution >= 4 is 71.2 Å². The SMILES string of the molecule is [2H]c1c([2H])c([2H])c(-c2ccc(N(c3ccc(-c4c([2H])c([2H])c([2H])c([2H])c4[2H])cc3)c3cccc4c(-c5ccc6c(c5)c5ccc7ccccc7c5n6-c5ccc6ccccc6c5)cccc34)cc2)c([2H])c1[2H]. The number of fused-ring (bicyclic) bond motifs is 7. The van der Waals surface area contributed by atoms with Crippen LogP contribution >= 0.6 is 0 Å². The van der Waals surface area contributed by atoms with Crippen LogP contribution in [0.15, 0.2) is 242 Å². The van der Waals surface area contributed by atoms with Gasteiger partial charge in [0.2, 0.25) is 0 Å². The summed E-state index contributed by atoms with van der Waals surface area (Å²) < 4.78 is 86.5. The van der Waals surface area contributed by atoms with Crippen LogP contribution in [0.4, 0.5) is 17.1 Å². The fraction of sp³-hybridized carbons (Fsp3) is 0. The van der Waals surface area contributed by atoms with E-state index >= 15 is 0 Å². The van der Waals surface area contributed by atoms with Crippen LogP contribution in [0.2, 0.25) is 0 Å². The molecule has 0 unspecified atom stereocenters. The van der Waals surface area contributed by atoms with Gasteiger partial charge in [0.25, 0.3) is 0 Å². The molecular formula is C60H40N2. The Hall–Kier alpha value is -8.20. The summed E-state index contributed by atoms with van der Waals surface area (Å²) in [5.74, 6) is 0.